The monoisotopic (exact) mass is 804 g/mol. The summed E-state index contributed by atoms with van der Waals surface area (Å²) < 4.78 is 64.6. The van der Waals surface area contributed by atoms with Gasteiger partial charge in [0.1, 0.15) is 11.4 Å². The van der Waals surface area contributed by atoms with Crippen molar-refractivity contribution in [2.24, 2.45) is 0 Å². The molecular formula is C36H48N6O11S2. The fourth-order valence-electron chi connectivity index (χ4n) is 8.27. The highest BCUT2D eigenvalue weighted by Crippen LogP contribution is 2.52. The van der Waals surface area contributed by atoms with Crippen LogP contribution in [0.15, 0.2) is 0 Å². The Kier molecular flexibility index (Phi) is 9.66. The number of hydrogen-bond donors (Lipinski definition) is 1. The van der Waals surface area contributed by atoms with Crippen LogP contribution >= 0.6 is 0 Å². The Morgan fingerprint density at radius 2 is 1.16 bits per heavy atom. The Morgan fingerprint density at radius 1 is 0.727 bits per heavy atom. The molecule has 2 aromatic rings. The predicted molar refractivity (Wildman–Crippen MR) is 194 cm³/mol. The van der Waals surface area contributed by atoms with E-state index in [9.17, 15) is 41.1 Å². The standard InChI is InChI=1S/C36H48N6O11S2/c1-2-52-33(46)27-25-9-17-40(22-36(13-14-36)55(50,51)24-7-8-24)32(45)30(25)42(37-27)16-4-20-53-34(47)28-26-10-18-39(31(44)29(26)41(38-28)15-3-19-43)21-35(11-12-35)54(48,49)23-5-6-23/h23-24,43H,2-22H2,1H3. The maximum atomic E-state index is 13.9. The first-order valence-corrected chi connectivity index (χ1v) is 22.6. The molecule has 0 atom stereocenters. The highest BCUT2D eigenvalue weighted by atomic mass is 32.2. The molecule has 4 heterocycles. The average Bonchev–Trinajstić information content (AvgIpc) is 3.96. The topological polar surface area (TPSA) is 217 Å². The van der Waals surface area contributed by atoms with Gasteiger partial charge in [-0.15, -0.1) is 0 Å². The number of aryl methyl sites for hydroxylation is 2. The second-order valence-corrected chi connectivity index (χ2v) is 21.1. The minimum absolute atomic E-state index is 0.0188. The van der Waals surface area contributed by atoms with Crippen molar-refractivity contribution in [2.75, 3.05) is 46.0 Å². The predicted octanol–water partition coefficient (Wildman–Crippen LogP) is 1.10. The molecule has 2 amide bonds. The number of esters is 2. The minimum atomic E-state index is -3.35. The molecule has 0 spiro atoms. The number of aliphatic hydroxyl groups is 1. The summed E-state index contributed by atoms with van der Waals surface area (Å²) >= 11 is 0. The van der Waals surface area contributed by atoms with Crippen molar-refractivity contribution >= 4 is 43.4 Å². The van der Waals surface area contributed by atoms with E-state index >= 15 is 0 Å². The van der Waals surface area contributed by atoms with E-state index in [-0.39, 0.29) is 112 Å². The summed E-state index contributed by atoms with van der Waals surface area (Å²) in [5, 5.41) is 17.7. The average molecular weight is 805 g/mol. The van der Waals surface area contributed by atoms with Crippen molar-refractivity contribution in [2.45, 2.75) is 117 Å². The smallest absolute Gasteiger partial charge is 0.359 e. The van der Waals surface area contributed by atoms with E-state index in [1.165, 1.54) is 9.36 Å². The summed E-state index contributed by atoms with van der Waals surface area (Å²) in [7, 11) is -6.70. The van der Waals surface area contributed by atoms with Crippen molar-refractivity contribution in [1.29, 1.82) is 0 Å². The molecule has 4 saturated carbocycles. The van der Waals surface area contributed by atoms with Crippen LogP contribution in [0.2, 0.25) is 0 Å². The third-order valence-corrected chi connectivity index (χ3v) is 18.2. The molecule has 300 valence electrons. The van der Waals surface area contributed by atoms with Gasteiger partial charge in [0, 0.05) is 63.4 Å². The maximum Gasteiger partial charge on any atom is 0.359 e. The van der Waals surface area contributed by atoms with Crippen LogP contribution in [0.5, 0.6) is 0 Å². The Labute approximate surface area is 319 Å². The van der Waals surface area contributed by atoms with Crippen LogP contribution < -0.4 is 0 Å². The molecular weight excluding hydrogens is 757 g/mol. The molecule has 4 aliphatic carbocycles. The Hall–Kier alpha value is -3.84. The van der Waals surface area contributed by atoms with E-state index in [1.807, 2.05) is 0 Å². The minimum Gasteiger partial charge on any atom is -0.461 e. The van der Waals surface area contributed by atoms with Gasteiger partial charge in [-0.2, -0.15) is 10.2 Å². The summed E-state index contributed by atoms with van der Waals surface area (Å²) in [5.74, 6) is -2.22. The molecule has 2 aromatic heterocycles. The lowest BCUT2D eigenvalue weighted by Gasteiger charge is -2.31. The Bertz CT molecular complexity index is 2140. The van der Waals surface area contributed by atoms with Crippen molar-refractivity contribution in [3.05, 3.63) is 33.9 Å². The molecule has 4 fully saturated rings. The zero-order valence-electron chi connectivity index (χ0n) is 31.0. The van der Waals surface area contributed by atoms with Crippen LogP contribution in [-0.2, 0) is 55.1 Å². The van der Waals surface area contributed by atoms with E-state index in [2.05, 4.69) is 10.2 Å². The fourth-order valence-corrected chi connectivity index (χ4v) is 13.2. The number of carbonyl (C=O) groups is 4. The molecule has 0 saturated heterocycles. The lowest BCUT2D eigenvalue weighted by molar-refractivity contribution is 0.0482. The molecule has 2 aliphatic heterocycles. The van der Waals surface area contributed by atoms with Crippen LogP contribution in [0, 0.1) is 0 Å². The quantitative estimate of drug-likeness (QED) is 0.165. The molecule has 0 unspecified atom stereocenters. The molecule has 17 nitrogen and oxygen atoms in total. The van der Waals surface area contributed by atoms with E-state index < -0.39 is 52.9 Å². The van der Waals surface area contributed by atoms with Gasteiger partial charge in [0.2, 0.25) is 0 Å². The molecule has 0 aromatic carbocycles. The number of nitrogens with zero attached hydrogens (tertiary/aromatic N) is 6. The van der Waals surface area contributed by atoms with Crippen LogP contribution in [0.25, 0.3) is 0 Å². The van der Waals surface area contributed by atoms with E-state index in [1.54, 1.807) is 16.7 Å². The van der Waals surface area contributed by atoms with Gasteiger partial charge in [-0.25, -0.2) is 26.4 Å². The first-order valence-electron chi connectivity index (χ1n) is 19.5. The van der Waals surface area contributed by atoms with Gasteiger partial charge in [0.15, 0.2) is 31.1 Å². The van der Waals surface area contributed by atoms with Crippen molar-refractivity contribution in [3.63, 3.8) is 0 Å². The number of carbonyl (C=O) groups excluding carboxylic acids is 4. The maximum absolute atomic E-state index is 13.9. The zero-order chi connectivity index (χ0) is 38.9. The first-order chi connectivity index (χ1) is 26.3. The lowest BCUT2D eigenvalue weighted by atomic mass is 10.0. The van der Waals surface area contributed by atoms with Gasteiger partial charge in [-0.05, 0) is 77.6 Å². The summed E-state index contributed by atoms with van der Waals surface area (Å²) in [5.41, 5.74) is 1.27. The van der Waals surface area contributed by atoms with Gasteiger partial charge < -0.3 is 24.4 Å². The first kappa shape index (κ1) is 38.1. The number of hydrogen-bond acceptors (Lipinski definition) is 13. The second kappa shape index (κ2) is 14.0. The normalized spacial score (nSPS) is 21.3. The summed E-state index contributed by atoms with van der Waals surface area (Å²) in [6.07, 6.45) is 5.77. The van der Waals surface area contributed by atoms with Crippen molar-refractivity contribution in [1.82, 2.24) is 29.4 Å². The Morgan fingerprint density at radius 3 is 1.56 bits per heavy atom. The van der Waals surface area contributed by atoms with Gasteiger partial charge in [-0.3, -0.25) is 19.0 Å². The molecule has 55 heavy (non-hydrogen) atoms. The fraction of sp³-hybridized carbons (Fsp3) is 0.722. The molecule has 6 aliphatic rings. The molecule has 19 heteroatoms. The molecule has 1 N–H and O–H groups in total. The third kappa shape index (κ3) is 6.66. The largest absolute Gasteiger partial charge is 0.461 e. The number of aliphatic hydroxyl groups excluding tert-OH is 1. The van der Waals surface area contributed by atoms with Gasteiger partial charge >= 0.3 is 11.9 Å². The van der Waals surface area contributed by atoms with Crippen molar-refractivity contribution in [3.8, 4) is 0 Å². The molecule has 0 radical (unpaired) electrons. The number of aromatic nitrogens is 4. The van der Waals surface area contributed by atoms with Crippen LogP contribution in [0.3, 0.4) is 0 Å². The Balaban J connectivity index is 0.952. The summed E-state index contributed by atoms with van der Waals surface area (Å²) in [4.78, 5) is 57.2. The van der Waals surface area contributed by atoms with Gasteiger partial charge in [0.25, 0.3) is 11.8 Å². The van der Waals surface area contributed by atoms with Crippen LogP contribution in [0.4, 0.5) is 0 Å². The summed E-state index contributed by atoms with van der Waals surface area (Å²) in [6, 6.07) is 0. The van der Waals surface area contributed by atoms with E-state index in [0.29, 0.717) is 68.9 Å². The number of sulfone groups is 2. The van der Waals surface area contributed by atoms with Gasteiger partial charge in [-0.1, -0.05) is 0 Å². The second-order valence-electron chi connectivity index (χ2n) is 15.9. The van der Waals surface area contributed by atoms with Crippen LogP contribution in [0.1, 0.15) is 124 Å². The van der Waals surface area contributed by atoms with Gasteiger partial charge in [0.05, 0.1) is 33.2 Å². The summed E-state index contributed by atoms with van der Waals surface area (Å²) in [6.45, 7) is 2.46. The number of rotatable bonds is 18. The highest BCUT2D eigenvalue weighted by Gasteiger charge is 2.61. The van der Waals surface area contributed by atoms with E-state index in [0.717, 1.165) is 0 Å². The highest BCUT2D eigenvalue weighted by molar-refractivity contribution is 7.94. The zero-order valence-corrected chi connectivity index (χ0v) is 32.7. The van der Waals surface area contributed by atoms with Crippen LogP contribution in [-0.4, -0.2) is 141 Å². The lowest BCUT2D eigenvalue weighted by Crippen LogP contribution is -2.47. The number of amides is 2. The molecule has 0 bridgehead atoms. The number of fused-ring (bicyclic) bond motifs is 2. The SMILES string of the molecule is CCOC(=O)c1nn(CCCOC(=O)c2nn(CCCO)c3c2CCN(CC2(S(=O)(=O)C4CC4)CC2)C3=O)c2c1CCN(CC1(S(=O)(=O)C3CC3)CC1)C2=O. The third-order valence-electron chi connectivity index (χ3n) is 12.0. The number of ether oxygens (including phenoxy) is 2. The van der Waals surface area contributed by atoms with Crippen molar-refractivity contribution < 1.29 is 50.6 Å². The van der Waals surface area contributed by atoms with E-state index in [4.69, 9.17) is 9.47 Å². The molecule has 8 rings (SSSR count).